The Morgan fingerprint density at radius 2 is 1.74 bits per heavy atom. The van der Waals surface area contributed by atoms with Crippen molar-refractivity contribution in [2.75, 3.05) is 18.4 Å². The molecule has 186 valence electrons. The van der Waals surface area contributed by atoms with Crippen LogP contribution in [0.5, 0.6) is 11.5 Å². The molecule has 0 aromatic heterocycles. The summed E-state index contributed by atoms with van der Waals surface area (Å²) in [6.45, 7) is 2.87. The van der Waals surface area contributed by atoms with Crippen LogP contribution >= 0.6 is 11.9 Å². The van der Waals surface area contributed by atoms with Crippen LogP contribution in [0.1, 0.15) is 36.8 Å². The Morgan fingerprint density at radius 1 is 0.971 bits per heavy atom. The number of carbonyl (C=O) groups excluding carboxylic acids is 1. The fourth-order valence-corrected chi connectivity index (χ4v) is 5.93. The molecule has 1 saturated heterocycles. The number of phenolic OH excluding ortho intramolecular Hbond substituents is 2. The lowest BCUT2D eigenvalue weighted by atomic mass is 9.93. The number of phenols is 2. The highest BCUT2D eigenvalue weighted by molar-refractivity contribution is 7.97. The van der Waals surface area contributed by atoms with E-state index in [4.69, 9.17) is 0 Å². The van der Waals surface area contributed by atoms with Gasteiger partial charge in [0.05, 0.1) is 17.1 Å². The van der Waals surface area contributed by atoms with Gasteiger partial charge < -0.3 is 30.6 Å². The Kier molecular flexibility index (Phi) is 6.93. The number of aliphatic hydroxyl groups is 2. The molecular weight excluding hydrogens is 466 g/mol. The van der Waals surface area contributed by atoms with Crippen molar-refractivity contribution < 1.29 is 25.2 Å². The van der Waals surface area contributed by atoms with Gasteiger partial charge in [-0.25, -0.2) is 4.31 Å². The van der Waals surface area contributed by atoms with Gasteiger partial charge in [-0.05, 0) is 79.1 Å². The number of anilines is 1. The van der Waals surface area contributed by atoms with E-state index in [1.165, 1.54) is 35.2 Å². The first-order valence-corrected chi connectivity index (χ1v) is 12.8. The van der Waals surface area contributed by atoms with Gasteiger partial charge in [-0.15, -0.1) is 0 Å². The Balaban J connectivity index is 1.14. The molecule has 0 spiro atoms. The molecule has 2 aliphatic heterocycles. The molecule has 5 rings (SSSR count). The van der Waals surface area contributed by atoms with Gasteiger partial charge in [0, 0.05) is 49.5 Å². The number of amides is 1. The van der Waals surface area contributed by atoms with Gasteiger partial charge in [-0.3, -0.25) is 4.79 Å². The van der Waals surface area contributed by atoms with Crippen LogP contribution in [0.4, 0.5) is 5.69 Å². The van der Waals surface area contributed by atoms with Crippen LogP contribution in [0.25, 0.3) is 0 Å². The summed E-state index contributed by atoms with van der Waals surface area (Å²) >= 11 is 1.48. The summed E-state index contributed by atoms with van der Waals surface area (Å²) in [5, 5.41) is 42.7. The van der Waals surface area contributed by atoms with Gasteiger partial charge in [-0.2, -0.15) is 0 Å². The van der Waals surface area contributed by atoms with Crippen molar-refractivity contribution in [1.29, 1.82) is 0 Å². The van der Waals surface area contributed by atoms with Crippen molar-refractivity contribution in [3.8, 4) is 11.5 Å². The molecule has 2 unspecified atom stereocenters. The number of nitrogens with one attached hydrogen (secondary N) is 1. The van der Waals surface area contributed by atoms with E-state index in [1.54, 1.807) is 12.1 Å². The predicted octanol–water partition coefficient (Wildman–Crippen LogP) is 2.97. The van der Waals surface area contributed by atoms with Gasteiger partial charge in [0.25, 0.3) is 0 Å². The third kappa shape index (κ3) is 5.43. The number of carbonyl (C=O) groups is 1. The molecule has 5 N–H and O–H groups in total. The number of benzene rings is 2. The average molecular weight is 498 g/mol. The van der Waals surface area contributed by atoms with Gasteiger partial charge in [0.2, 0.25) is 5.91 Å². The minimum atomic E-state index is -0.956. The topological polar surface area (TPSA) is 116 Å². The van der Waals surface area contributed by atoms with Crippen molar-refractivity contribution >= 4 is 23.5 Å². The maximum Gasteiger partial charge on any atom is 0.249 e. The monoisotopic (exact) mass is 497 g/mol. The van der Waals surface area contributed by atoms with E-state index in [0.29, 0.717) is 36.4 Å². The van der Waals surface area contributed by atoms with Gasteiger partial charge in [0.15, 0.2) is 0 Å². The van der Waals surface area contributed by atoms with Crippen LogP contribution in [0, 0.1) is 0 Å². The van der Waals surface area contributed by atoms with Crippen molar-refractivity contribution in [3.05, 3.63) is 59.2 Å². The summed E-state index contributed by atoms with van der Waals surface area (Å²) < 4.78 is 2.18. The molecule has 1 amide bonds. The van der Waals surface area contributed by atoms with Crippen LogP contribution in [-0.2, 0) is 17.9 Å². The molecular formula is C26H31N3O5S. The predicted molar refractivity (Wildman–Crippen MR) is 134 cm³/mol. The SMILES string of the molecule is O=C(C1=CC(O)C(O)CC1)N1CCC(Nc2ccc3c(c2)CN(Sc2ccc(O)cc2O)C3)CC1. The van der Waals surface area contributed by atoms with Gasteiger partial charge in [-0.1, -0.05) is 6.07 Å². The van der Waals surface area contributed by atoms with Crippen molar-refractivity contribution in [1.82, 2.24) is 9.21 Å². The Bertz CT molecular complexity index is 1130. The Labute approximate surface area is 209 Å². The van der Waals surface area contributed by atoms with Gasteiger partial charge in [0.1, 0.15) is 11.5 Å². The molecule has 2 atom stereocenters. The molecule has 8 nitrogen and oxygen atoms in total. The fourth-order valence-electron chi connectivity index (χ4n) is 4.96. The van der Waals surface area contributed by atoms with Crippen LogP contribution < -0.4 is 5.32 Å². The van der Waals surface area contributed by atoms with E-state index >= 15 is 0 Å². The number of aromatic hydroxyl groups is 2. The number of rotatable bonds is 5. The molecule has 0 saturated carbocycles. The molecule has 0 radical (unpaired) electrons. The fraction of sp³-hybridized carbons (Fsp3) is 0.423. The number of aliphatic hydroxyl groups excluding tert-OH is 2. The third-order valence-corrected chi connectivity index (χ3v) is 8.03. The van der Waals surface area contributed by atoms with Crippen LogP contribution in [0.2, 0.25) is 0 Å². The lowest BCUT2D eigenvalue weighted by molar-refractivity contribution is -0.128. The Hall–Kier alpha value is -2.72. The standard InChI is InChI=1S/C26H31N3O5S/c30-21-4-6-25(24(33)13-21)35-29-14-17-1-3-20(11-18(17)15-29)27-19-7-9-28(10-8-19)26(34)16-2-5-22(31)23(32)12-16/h1,3-4,6,11-13,19,22-23,27,30-33H,2,5,7-10,14-15H2. The smallest absolute Gasteiger partial charge is 0.249 e. The summed E-state index contributed by atoms with van der Waals surface area (Å²) in [5.74, 6) is 0.100. The maximum absolute atomic E-state index is 12.8. The van der Waals surface area contributed by atoms with Crippen LogP contribution in [-0.4, -0.2) is 66.9 Å². The zero-order chi connectivity index (χ0) is 24.5. The summed E-state index contributed by atoms with van der Waals surface area (Å²) in [4.78, 5) is 15.4. The van der Waals surface area contributed by atoms with E-state index in [9.17, 15) is 25.2 Å². The lowest BCUT2D eigenvalue weighted by Crippen LogP contribution is -2.44. The van der Waals surface area contributed by atoms with Crippen molar-refractivity contribution in [3.63, 3.8) is 0 Å². The zero-order valence-electron chi connectivity index (χ0n) is 19.4. The van der Waals surface area contributed by atoms with Crippen LogP contribution in [0.3, 0.4) is 0 Å². The maximum atomic E-state index is 12.8. The summed E-state index contributed by atoms with van der Waals surface area (Å²) in [7, 11) is 0. The molecule has 1 fully saturated rings. The lowest BCUT2D eigenvalue weighted by Gasteiger charge is -2.34. The molecule has 35 heavy (non-hydrogen) atoms. The Morgan fingerprint density at radius 3 is 2.49 bits per heavy atom. The highest BCUT2D eigenvalue weighted by Crippen LogP contribution is 2.38. The quantitative estimate of drug-likeness (QED) is 0.401. The second-order valence-electron chi connectivity index (χ2n) is 9.52. The molecule has 2 aromatic carbocycles. The summed E-state index contributed by atoms with van der Waals surface area (Å²) in [5.41, 5.74) is 4.18. The van der Waals surface area contributed by atoms with E-state index in [-0.39, 0.29) is 23.4 Å². The van der Waals surface area contributed by atoms with Crippen molar-refractivity contribution in [2.24, 2.45) is 0 Å². The van der Waals surface area contributed by atoms with E-state index < -0.39 is 12.2 Å². The second kappa shape index (κ2) is 10.1. The summed E-state index contributed by atoms with van der Waals surface area (Å²) in [6, 6.07) is 11.4. The molecule has 1 aliphatic carbocycles. The molecule has 3 aliphatic rings. The summed E-state index contributed by atoms with van der Waals surface area (Å²) in [6.07, 6.45) is 2.40. The zero-order valence-corrected chi connectivity index (χ0v) is 20.2. The largest absolute Gasteiger partial charge is 0.508 e. The molecule has 2 aromatic rings. The number of hydrogen-bond donors (Lipinski definition) is 5. The van der Waals surface area contributed by atoms with Crippen molar-refractivity contribution in [2.45, 2.75) is 61.9 Å². The number of nitrogens with zero attached hydrogens (tertiary/aromatic N) is 2. The number of hydrogen-bond acceptors (Lipinski definition) is 8. The third-order valence-electron chi connectivity index (χ3n) is 6.97. The molecule has 0 bridgehead atoms. The number of piperidine rings is 1. The molecule has 9 heteroatoms. The number of fused-ring (bicyclic) bond motifs is 1. The highest BCUT2D eigenvalue weighted by Gasteiger charge is 2.29. The molecule has 2 heterocycles. The van der Waals surface area contributed by atoms with E-state index in [1.807, 2.05) is 4.90 Å². The second-order valence-corrected chi connectivity index (χ2v) is 10.7. The normalized spacial score (nSPS) is 23.1. The van der Waals surface area contributed by atoms with E-state index in [2.05, 4.69) is 27.8 Å². The minimum absolute atomic E-state index is 0.0239. The van der Waals surface area contributed by atoms with E-state index in [0.717, 1.165) is 31.6 Å². The highest BCUT2D eigenvalue weighted by atomic mass is 32.2. The first-order valence-electron chi connectivity index (χ1n) is 12.0. The minimum Gasteiger partial charge on any atom is -0.508 e. The van der Waals surface area contributed by atoms with Crippen LogP contribution in [0.15, 0.2) is 52.9 Å². The first kappa shape index (κ1) is 24.0. The average Bonchev–Trinajstić information content (AvgIpc) is 3.24. The number of likely N-dealkylation sites (tertiary alicyclic amines) is 1. The first-order chi connectivity index (χ1) is 16.9. The van der Waals surface area contributed by atoms with Gasteiger partial charge >= 0.3 is 0 Å².